The van der Waals surface area contributed by atoms with Crippen LogP contribution in [0.4, 0.5) is 5.69 Å². The Kier molecular flexibility index (Phi) is 6.12. The molecule has 0 spiro atoms. The monoisotopic (exact) mass is 452 g/mol. The number of rotatable bonds is 5. The zero-order chi connectivity index (χ0) is 23.5. The number of carbonyl (C=O) groups excluding carboxylic acids is 2. The molecular weight excluding hydrogens is 424 g/mol. The van der Waals surface area contributed by atoms with Crippen molar-refractivity contribution in [3.8, 4) is 11.4 Å². The van der Waals surface area contributed by atoms with Gasteiger partial charge in [-0.05, 0) is 61.2 Å². The number of carbonyl (C=O) groups is 2. The van der Waals surface area contributed by atoms with E-state index in [0.717, 1.165) is 28.7 Å². The van der Waals surface area contributed by atoms with Gasteiger partial charge in [0.05, 0.1) is 11.0 Å². The lowest BCUT2D eigenvalue weighted by Gasteiger charge is -2.29. The molecule has 1 aliphatic carbocycles. The second kappa shape index (κ2) is 9.51. The van der Waals surface area contributed by atoms with E-state index in [2.05, 4.69) is 22.5 Å². The van der Waals surface area contributed by atoms with E-state index in [4.69, 9.17) is 4.98 Å². The number of imidazole rings is 1. The van der Waals surface area contributed by atoms with Crippen LogP contribution in [0.2, 0.25) is 0 Å². The summed E-state index contributed by atoms with van der Waals surface area (Å²) in [6.45, 7) is 2.21. The first-order valence-corrected chi connectivity index (χ1v) is 11.8. The molecule has 2 unspecified atom stereocenters. The van der Waals surface area contributed by atoms with Gasteiger partial charge in [-0.2, -0.15) is 0 Å². The molecule has 0 saturated heterocycles. The molecule has 0 aliphatic heterocycles. The molecule has 34 heavy (non-hydrogen) atoms. The third-order valence-electron chi connectivity index (χ3n) is 6.63. The highest BCUT2D eigenvalue weighted by molar-refractivity contribution is 6.04. The van der Waals surface area contributed by atoms with Gasteiger partial charge in [0.25, 0.3) is 11.8 Å². The lowest BCUT2D eigenvalue weighted by molar-refractivity contribution is 0.0910. The zero-order valence-electron chi connectivity index (χ0n) is 19.2. The molecule has 2 atom stereocenters. The van der Waals surface area contributed by atoms with Gasteiger partial charge in [0.15, 0.2) is 0 Å². The highest BCUT2D eigenvalue weighted by atomic mass is 16.2. The van der Waals surface area contributed by atoms with Gasteiger partial charge < -0.3 is 15.6 Å². The minimum Gasteiger partial charge on any atom is -0.349 e. The Balaban J connectivity index is 1.30. The van der Waals surface area contributed by atoms with E-state index in [9.17, 15) is 9.59 Å². The molecule has 1 aromatic heterocycles. The molecule has 6 heteroatoms. The second-order valence-corrected chi connectivity index (χ2v) is 9.06. The summed E-state index contributed by atoms with van der Waals surface area (Å²) in [6, 6.07) is 22.5. The van der Waals surface area contributed by atoms with Gasteiger partial charge in [0.1, 0.15) is 5.82 Å². The number of H-pyrrole nitrogens is 1. The number of hydrogen-bond donors (Lipinski definition) is 3. The largest absolute Gasteiger partial charge is 0.349 e. The Hall–Kier alpha value is -3.93. The minimum atomic E-state index is -0.162. The minimum absolute atomic E-state index is 0.0426. The van der Waals surface area contributed by atoms with E-state index in [-0.39, 0.29) is 17.9 Å². The molecule has 1 saturated carbocycles. The fraction of sp³-hybridized carbons (Fsp3) is 0.250. The Morgan fingerprint density at radius 2 is 1.62 bits per heavy atom. The van der Waals surface area contributed by atoms with Gasteiger partial charge in [-0.15, -0.1) is 0 Å². The summed E-state index contributed by atoms with van der Waals surface area (Å²) in [5.74, 6) is 1.00. The number of aromatic nitrogens is 2. The molecule has 1 fully saturated rings. The number of para-hydroxylation sites is 1. The van der Waals surface area contributed by atoms with Crippen LogP contribution in [-0.4, -0.2) is 27.8 Å². The van der Waals surface area contributed by atoms with E-state index < -0.39 is 0 Å². The van der Waals surface area contributed by atoms with Gasteiger partial charge in [-0.3, -0.25) is 9.59 Å². The molecule has 3 N–H and O–H groups in total. The Morgan fingerprint density at radius 3 is 2.38 bits per heavy atom. The first-order valence-electron chi connectivity index (χ1n) is 11.8. The van der Waals surface area contributed by atoms with Crippen molar-refractivity contribution in [1.29, 1.82) is 0 Å². The number of hydrogen-bond acceptors (Lipinski definition) is 3. The third kappa shape index (κ3) is 4.71. The molecule has 5 rings (SSSR count). The molecule has 0 bridgehead atoms. The SMILES string of the molecule is CC1CCCCC1NC(=O)c1ccc2[nH]c(-c3ccc(C(=O)Nc4ccccc4)cc3)nc2c1. The van der Waals surface area contributed by atoms with E-state index in [1.165, 1.54) is 19.3 Å². The van der Waals surface area contributed by atoms with Gasteiger partial charge in [-0.1, -0.05) is 50.1 Å². The third-order valence-corrected chi connectivity index (χ3v) is 6.63. The summed E-state index contributed by atoms with van der Waals surface area (Å²) in [5, 5.41) is 6.09. The Bertz CT molecular complexity index is 1310. The quantitative estimate of drug-likeness (QED) is 0.358. The predicted molar refractivity (Wildman–Crippen MR) is 135 cm³/mol. The average Bonchev–Trinajstić information content (AvgIpc) is 3.30. The number of amides is 2. The summed E-state index contributed by atoms with van der Waals surface area (Å²) in [4.78, 5) is 33.3. The maximum atomic E-state index is 12.8. The van der Waals surface area contributed by atoms with Crippen LogP contribution in [0.25, 0.3) is 22.4 Å². The lowest BCUT2D eigenvalue weighted by Crippen LogP contribution is -2.41. The number of anilines is 1. The van der Waals surface area contributed by atoms with Crippen LogP contribution >= 0.6 is 0 Å². The molecular formula is C28H28N4O2. The maximum absolute atomic E-state index is 12.8. The highest BCUT2D eigenvalue weighted by Gasteiger charge is 2.23. The molecule has 0 radical (unpaired) electrons. The average molecular weight is 453 g/mol. The van der Waals surface area contributed by atoms with Crippen LogP contribution in [0.5, 0.6) is 0 Å². The number of fused-ring (bicyclic) bond motifs is 1. The van der Waals surface area contributed by atoms with Crippen LogP contribution < -0.4 is 10.6 Å². The van der Waals surface area contributed by atoms with Gasteiger partial charge in [0, 0.05) is 28.4 Å². The molecule has 2 amide bonds. The van der Waals surface area contributed by atoms with Crippen molar-refractivity contribution >= 4 is 28.5 Å². The Morgan fingerprint density at radius 1 is 0.882 bits per heavy atom. The standard InChI is InChI=1S/C28H28N4O2/c1-18-7-5-6-10-23(18)32-28(34)21-15-16-24-25(17-21)31-26(30-24)19-11-13-20(14-12-19)27(33)29-22-8-3-2-4-9-22/h2-4,8-9,11-18,23H,5-7,10H2,1H3,(H,29,33)(H,30,31)(H,32,34). The normalized spacial score (nSPS) is 17.9. The molecule has 1 heterocycles. The highest BCUT2D eigenvalue weighted by Crippen LogP contribution is 2.25. The fourth-order valence-electron chi connectivity index (χ4n) is 4.57. The number of nitrogens with zero attached hydrogens (tertiary/aromatic N) is 1. The van der Waals surface area contributed by atoms with E-state index >= 15 is 0 Å². The van der Waals surface area contributed by atoms with Crippen molar-refractivity contribution in [2.75, 3.05) is 5.32 Å². The van der Waals surface area contributed by atoms with Crippen molar-refractivity contribution in [1.82, 2.24) is 15.3 Å². The number of aromatic amines is 1. The van der Waals surface area contributed by atoms with E-state index in [1.54, 1.807) is 12.1 Å². The molecule has 4 aromatic rings. The van der Waals surface area contributed by atoms with Crippen LogP contribution in [0.15, 0.2) is 72.8 Å². The number of nitrogens with one attached hydrogen (secondary N) is 3. The summed E-state index contributed by atoms with van der Waals surface area (Å²) in [7, 11) is 0. The van der Waals surface area contributed by atoms with Crippen molar-refractivity contribution < 1.29 is 9.59 Å². The summed E-state index contributed by atoms with van der Waals surface area (Å²) >= 11 is 0. The van der Waals surface area contributed by atoms with Gasteiger partial charge >= 0.3 is 0 Å². The van der Waals surface area contributed by atoms with Crippen LogP contribution in [0.1, 0.15) is 53.3 Å². The van der Waals surface area contributed by atoms with E-state index in [1.807, 2.05) is 60.7 Å². The van der Waals surface area contributed by atoms with Crippen LogP contribution in [-0.2, 0) is 0 Å². The zero-order valence-corrected chi connectivity index (χ0v) is 19.2. The molecule has 172 valence electrons. The van der Waals surface area contributed by atoms with Gasteiger partial charge in [0.2, 0.25) is 0 Å². The summed E-state index contributed by atoms with van der Waals surface area (Å²) < 4.78 is 0. The molecule has 3 aromatic carbocycles. The van der Waals surface area contributed by atoms with Crippen molar-refractivity contribution in [2.24, 2.45) is 5.92 Å². The summed E-state index contributed by atoms with van der Waals surface area (Å²) in [5.41, 5.74) is 4.42. The maximum Gasteiger partial charge on any atom is 0.255 e. The van der Waals surface area contributed by atoms with Crippen molar-refractivity contribution in [3.63, 3.8) is 0 Å². The lowest BCUT2D eigenvalue weighted by atomic mass is 9.86. The number of benzene rings is 3. The molecule has 1 aliphatic rings. The smallest absolute Gasteiger partial charge is 0.255 e. The first kappa shape index (κ1) is 21.9. The van der Waals surface area contributed by atoms with E-state index in [0.29, 0.717) is 22.9 Å². The predicted octanol–water partition coefficient (Wildman–Crippen LogP) is 5.79. The summed E-state index contributed by atoms with van der Waals surface area (Å²) in [6.07, 6.45) is 4.62. The van der Waals surface area contributed by atoms with Crippen molar-refractivity contribution in [3.05, 3.63) is 83.9 Å². The topological polar surface area (TPSA) is 86.9 Å². The van der Waals surface area contributed by atoms with Crippen LogP contribution in [0, 0.1) is 5.92 Å². The Labute approximate surface area is 198 Å². The van der Waals surface area contributed by atoms with Crippen molar-refractivity contribution in [2.45, 2.75) is 38.6 Å². The fourth-order valence-corrected chi connectivity index (χ4v) is 4.57. The van der Waals surface area contributed by atoms with Gasteiger partial charge in [-0.25, -0.2) is 4.98 Å². The first-order chi connectivity index (χ1) is 16.6. The molecule has 6 nitrogen and oxygen atoms in total. The second-order valence-electron chi connectivity index (χ2n) is 9.06. The van der Waals surface area contributed by atoms with Crippen LogP contribution in [0.3, 0.4) is 0 Å².